The second-order valence-corrected chi connectivity index (χ2v) is 5.44. The van der Waals surface area contributed by atoms with Gasteiger partial charge in [-0.25, -0.2) is 9.78 Å². The molecule has 5 nitrogen and oxygen atoms in total. The molecule has 0 fully saturated rings. The van der Waals surface area contributed by atoms with Crippen molar-refractivity contribution in [2.24, 2.45) is 0 Å². The van der Waals surface area contributed by atoms with Gasteiger partial charge in [0.25, 0.3) is 0 Å². The smallest absolute Gasteiger partial charge is 0.339 e. The Labute approximate surface area is 125 Å². The quantitative estimate of drug-likeness (QED) is 0.574. The number of rotatable bonds is 3. The first-order chi connectivity index (χ1) is 10.2. The first-order valence-electron chi connectivity index (χ1n) is 6.28. The van der Waals surface area contributed by atoms with Crippen molar-refractivity contribution in [1.29, 1.82) is 0 Å². The molecule has 1 heterocycles. The third-order valence-electron chi connectivity index (χ3n) is 2.98. The molecule has 6 heteroatoms. The molecule has 3 aromatic rings. The van der Waals surface area contributed by atoms with Crippen LogP contribution in [-0.2, 0) is 4.74 Å². The van der Waals surface area contributed by atoms with Gasteiger partial charge in [-0.15, -0.1) is 0 Å². The van der Waals surface area contributed by atoms with Crippen LogP contribution in [0.2, 0.25) is 0 Å². The van der Waals surface area contributed by atoms with Gasteiger partial charge in [0, 0.05) is 10.6 Å². The number of nitrogens with zero attached hydrogens (tertiary/aromatic N) is 1. The molecule has 0 spiro atoms. The van der Waals surface area contributed by atoms with E-state index in [0.717, 1.165) is 15.9 Å². The zero-order chi connectivity index (χ0) is 14.8. The molecule has 0 saturated carbocycles. The third kappa shape index (κ3) is 2.71. The number of anilines is 1. The standard InChI is InChI=1S/C15H13N3O2S/c1-20-14(19)10-8-9(16)6-7-13(10)21-15-17-11-4-2-3-5-12(11)18-15/h2-8H,16H2,1H3,(H,17,18). The maximum absolute atomic E-state index is 11.8. The number of H-pyrrole nitrogens is 1. The summed E-state index contributed by atoms with van der Waals surface area (Å²) in [5, 5.41) is 0.714. The van der Waals surface area contributed by atoms with E-state index in [1.165, 1.54) is 18.9 Å². The minimum Gasteiger partial charge on any atom is -0.465 e. The van der Waals surface area contributed by atoms with E-state index in [1.807, 2.05) is 24.3 Å². The summed E-state index contributed by atoms with van der Waals surface area (Å²) in [7, 11) is 1.35. The SMILES string of the molecule is COC(=O)c1cc(N)ccc1Sc1nc2ccccc2[nH]1. The highest BCUT2D eigenvalue weighted by atomic mass is 32.2. The van der Waals surface area contributed by atoms with E-state index in [1.54, 1.807) is 18.2 Å². The molecule has 0 bridgehead atoms. The van der Waals surface area contributed by atoms with Crippen LogP contribution in [0.1, 0.15) is 10.4 Å². The Hall–Kier alpha value is -2.47. The Balaban J connectivity index is 1.99. The molecule has 1 aromatic heterocycles. The summed E-state index contributed by atoms with van der Waals surface area (Å²) in [5.41, 5.74) is 8.52. The van der Waals surface area contributed by atoms with Crippen molar-refractivity contribution in [3.63, 3.8) is 0 Å². The first kappa shape index (κ1) is 13.5. The highest BCUT2D eigenvalue weighted by Gasteiger charge is 2.15. The number of imidazole rings is 1. The van der Waals surface area contributed by atoms with Gasteiger partial charge >= 0.3 is 5.97 Å². The van der Waals surface area contributed by atoms with Gasteiger partial charge < -0.3 is 15.5 Å². The van der Waals surface area contributed by atoms with Gasteiger partial charge in [0.1, 0.15) is 0 Å². The van der Waals surface area contributed by atoms with E-state index >= 15 is 0 Å². The van der Waals surface area contributed by atoms with Crippen molar-refractivity contribution in [3.8, 4) is 0 Å². The Kier molecular flexibility index (Phi) is 3.53. The molecule has 0 unspecified atom stereocenters. The Bertz CT molecular complexity index is 781. The third-order valence-corrected chi connectivity index (χ3v) is 3.95. The first-order valence-corrected chi connectivity index (χ1v) is 7.09. The lowest BCUT2D eigenvalue weighted by Gasteiger charge is -2.06. The van der Waals surface area contributed by atoms with Gasteiger partial charge in [0.15, 0.2) is 5.16 Å². The second-order valence-electron chi connectivity index (χ2n) is 4.41. The minimum absolute atomic E-state index is 0.416. The summed E-state index contributed by atoms with van der Waals surface area (Å²) in [6.07, 6.45) is 0. The number of hydrogen-bond donors (Lipinski definition) is 2. The number of fused-ring (bicyclic) bond motifs is 1. The summed E-state index contributed by atoms with van der Waals surface area (Å²) in [4.78, 5) is 20.3. The lowest BCUT2D eigenvalue weighted by atomic mass is 10.2. The van der Waals surface area contributed by atoms with Crippen LogP contribution >= 0.6 is 11.8 Å². The minimum atomic E-state index is -0.416. The molecule has 2 aromatic carbocycles. The highest BCUT2D eigenvalue weighted by molar-refractivity contribution is 7.99. The van der Waals surface area contributed by atoms with Crippen molar-refractivity contribution in [2.45, 2.75) is 10.1 Å². The van der Waals surface area contributed by atoms with Crippen molar-refractivity contribution >= 4 is 34.5 Å². The zero-order valence-electron chi connectivity index (χ0n) is 11.3. The average Bonchev–Trinajstić information content (AvgIpc) is 2.90. The van der Waals surface area contributed by atoms with Crippen molar-refractivity contribution < 1.29 is 9.53 Å². The van der Waals surface area contributed by atoms with Crippen molar-refractivity contribution in [2.75, 3.05) is 12.8 Å². The lowest BCUT2D eigenvalue weighted by molar-refractivity contribution is 0.0597. The highest BCUT2D eigenvalue weighted by Crippen LogP contribution is 2.31. The Morgan fingerprint density at radius 2 is 2.10 bits per heavy atom. The molecule has 106 valence electrons. The number of aromatic amines is 1. The number of esters is 1. The predicted molar refractivity (Wildman–Crippen MR) is 82.4 cm³/mol. The fourth-order valence-electron chi connectivity index (χ4n) is 1.99. The molecule has 0 amide bonds. The summed E-state index contributed by atoms with van der Waals surface area (Å²) in [6.45, 7) is 0. The topological polar surface area (TPSA) is 81.0 Å². The fraction of sp³-hybridized carbons (Fsp3) is 0.0667. The van der Waals surface area contributed by atoms with Gasteiger partial charge in [0.2, 0.25) is 0 Å². The van der Waals surface area contributed by atoms with E-state index in [4.69, 9.17) is 10.5 Å². The van der Waals surface area contributed by atoms with Crippen LogP contribution in [0, 0.1) is 0 Å². The number of hydrogen-bond acceptors (Lipinski definition) is 5. The average molecular weight is 299 g/mol. The number of benzene rings is 2. The molecular weight excluding hydrogens is 286 g/mol. The number of para-hydroxylation sites is 2. The van der Waals surface area contributed by atoms with Crippen molar-refractivity contribution in [3.05, 3.63) is 48.0 Å². The molecule has 0 saturated heterocycles. The van der Waals surface area contributed by atoms with Gasteiger partial charge in [-0.1, -0.05) is 23.9 Å². The molecule has 0 radical (unpaired) electrons. The fourth-order valence-corrected chi connectivity index (χ4v) is 2.89. The number of nitrogens with two attached hydrogens (primary N) is 1. The Morgan fingerprint density at radius 1 is 1.29 bits per heavy atom. The molecule has 0 aliphatic heterocycles. The molecule has 0 atom stereocenters. The normalized spacial score (nSPS) is 10.7. The van der Waals surface area contributed by atoms with Crippen LogP contribution in [0.3, 0.4) is 0 Å². The maximum atomic E-state index is 11.8. The number of nitrogens with one attached hydrogen (secondary N) is 1. The van der Waals surface area contributed by atoms with E-state index < -0.39 is 5.97 Å². The van der Waals surface area contributed by atoms with Gasteiger partial charge in [-0.3, -0.25) is 0 Å². The van der Waals surface area contributed by atoms with Crippen LogP contribution in [0.15, 0.2) is 52.5 Å². The molecule has 3 N–H and O–H groups in total. The summed E-state index contributed by atoms with van der Waals surface area (Å²) < 4.78 is 4.79. The van der Waals surface area contributed by atoms with Crippen LogP contribution in [0.4, 0.5) is 5.69 Å². The number of nitrogen functional groups attached to an aromatic ring is 1. The maximum Gasteiger partial charge on any atom is 0.339 e. The molecule has 0 aliphatic carbocycles. The summed E-state index contributed by atoms with van der Waals surface area (Å²) >= 11 is 1.37. The summed E-state index contributed by atoms with van der Waals surface area (Å²) in [6, 6.07) is 12.9. The second kappa shape index (κ2) is 5.49. The molecular formula is C15H13N3O2S. The molecule has 21 heavy (non-hydrogen) atoms. The van der Waals surface area contributed by atoms with Gasteiger partial charge in [-0.05, 0) is 30.3 Å². The van der Waals surface area contributed by atoms with Gasteiger partial charge in [-0.2, -0.15) is 0 Å². The molecule has 3 rings (SSSR count). The number of methoxy groups -OCH3 is 1. The Morgan fingerprint density at radius 3 is 2.86 bits per heavy atom. The number of carbonyl (C=O) groups is 1. The number of aromatic nitrogens is 2. The predicted octanol–water partition coefficient (Wildman–Crippen LogP) is 3.08. The van der Waals surface area contributed by atoms with E-state index in [-0.39, 0.29) is 0 Å². The lowest BCUT2D eigenvalue weighted by Crippen LogP contribution is -2.04. The van der Waals surface area contributed by atoms with E-state index in [9.17, 15) is 4.79 Å². The largest absolute Gasteiger partial charge is 0.465 e. The van der Waals surface area contributed by atoms with E-state index in [0.29, 0.717) is 16.4 Å². The monoisotopic (exact) mass is 299 g/mol. The van der Waals surface area contributed by atoms with Crippen LogP contribution < -0.4 is 5.73 Å². The van der Waals surface area contributed by atoms with Crippen LogP contribution in [-0.4, -0.2) is 23.0 Å². The molecule has 0 aliphatic rings. The summed E-state index contributed by atoms with van der Waals surface area (Å²) in [5.74, 6) is -0.416. The number of ether oxygens (including phenoxy) is 1. The van der Waals surface area contributed by atoms with Crippen molar-refractivity contribution in [1.82, 2.24) is 9.97 Å². The van der Waals surface area contributed by atoms with Gasteiger partial charge in [0.05, 0.1) is 23.7 Å². The van der Waals surface area contributed by atoms with Crippen LogP contribution in [0.25, 0.3) is 11.0 Å². The van der Waals surface area contributed by atoms with E-state index in [2.05, 4.69) is 9.97 Å². The number of carbonyl (C=O) groups excluding carboxylic acids is 1. The van der Waals surface area contributed by atoms with Crippen LogP contribution in [0.5, 0.6) is 0 Å². The zero-order valence-corrected chi connectivity index (χ0v) is 12.1.